The summed E-state index contributed by atoms with van der Waals surface area (Å²) in [7, 11) is 0. The zero-order chi connectivity index (χ0) is 13.8. The van der Waals surface area contributed by atoms with Crippen LogP contribution >= 0.6 is 0 Å². The first-order valence-corrected chi connectivity index (χ1v) is 6.61. The number of benzene rings is 1. The van der Waals surface area contributed by atoms with Crippen LogP contribution in [0.5, 0.6) is 5.75 Å². The normalized spacial score (nSPS) is 15.7. The molecule has 2 N–H and O–H groups in total. The molecule has 19 heavy (non-hydrogen) atoms. The standard InChI is InChI=1S/C14H20N2O3/c1-3-16(4-2)8-12(17)10-5-6-13-11(7-10)15-14(18)9-19-13/h5-7,12,17H,3-4,8-9H2,1-2H3,(H,15,18)/t12-/m1/s1. The molecule has 0 unspecified atom stereocenters. The van der Waals surface area contributed by atoms with Gasteiger partial charge in [-0.25, -0.2) is 0 Å². The van der Waals surface area contributed by atoms with Gasteiger partial charge in [-0.3, -0.25) is 4.79 Å². The smallest absolute Gasteiger partial charge is 0.262 e. The molecule has 1 aliphatic rings. The number of hydrogen-bond donors (Lipinski definition) is 2. The van der Waals surface area contributed by atoms with Gasteiger partial charge in [0.2, 0.25) is 0 Å². The first-order chi connectivity index (χ1) is 9.13. The molecule has 5 heteroatoms. The van der Waals surface area contributed by atoms with E-state index in [9.17, 15) is 9.90 Å². The minimum Gasteiger partial charge on any atom is -0.482 e. The number of rotatable bonds is 5. The Labute approximate surface area is 113 Å². The molecule has 1 heterocycles. The number of carbonyl (C=O) groups excluding carboxylic acids is 1. The number of hydrogen-bond acceptors (Lipinski definition) is 4. The summed E-state index contributed by atoms with van der Waals surface area (Å²) in [5, 5.41) is 13.0. The molecular weight excluding hydrogens is 244 g/mol. The van der Waals surface area contributed by atoms with Gasteiger partial charge < -0.3 is 20.1 Å². The quantitative estimate of drug-likeness (QED) is 0.843. The molecule has 0 aromatic heterocycles. The number of amides is 1. The molecular formula is C14H20N2O3. The number of nitrogens with one attached hydrogen (secondary N) is 1. The topological polar surface area (TPSA) is 61.8 Å². The van der Waals surface area contributed by atoms with Crippen LogP contribution < -0.4 is 10.1 Å². The zero-order valence-electron chi connectivity index (χ0n) is 11.3. The highest BCUT2D eigenvalue weighted by atomic mass is 16.5. The minimum atomic E-state index is -0.566. The van der Waals surface area contributed by atoms with Gasteiger partial charge in [-0.05, 0) is 30.8 Å². The van der Waals surface area contributed by atoms with Crippen molar-refractivity contribution < 1.29 is 14.6 Å². The highest BCUT2D eigenvalue weighted by Gasteiger charge is 2.18. The van der Waals surface area contributed by atoms with Crippen LogP contribution in [0.2, 0.25) is 0 Å². The van der Waals surface area contributed by atoms with Crippen molar-refractivity contribution in [2.75, 3.05) is 31.6 Å². The molecule has 0 bridgehead atoms. The Kier molecular flexibility index (Phi) is 4.39. The van der Waals surface area contributed by atoms with Gasteiger partial charge in [0.25, 0.3) is 5.91 Å². The maximum atomic E-state index is 11.3. The largest absolute Gasteiger partial charge is 0.482 e. The number of fused-ring (bicyclic) bond motifs is 1. The lowest BCUT2D eigenvalue weighted by Crippen LogP contribution is -2.28. The van der Waals surface area contributed by atoms with Gasteiger partial charge in [-0.2, -0.15) is 0 Å². The number of aliphatic hydroxyl groups excluding tert-OH is 1. The van der Waals surface area contributed by atoms with E-state index in [2.05, 4.69) is 24.1 Å². The van der Waals surface area contributed by atoms with Crippen molar-refractivity contribution in [3.8, 4) is 5.75 Å². The third kappa shape index (κ3) is 3.24. The molecule has 0 radical (unpaired) electrons. The molecule has 1 aromatic carbocycles. The molecule has 0 spiro atoms. The molecule has 1 atom stereocenters. The molecule has 5 nitrogen and oxygen atoms in total. The van der Waals surface area contributed by atoms with Crippen LogP contribution in [0.15, 0.2) is 18.2 Å². The Balaban J connectivity index is 2.12. The first-order valence-electron chi connectivity index (χ1n) is 6.61. The summed E-state index contributed by atoms with van der Waals surface area (Å²) in [4.78, 5) is 13.4. The predicted octanol–water partition coefficient (Wildman–Crippen LogP) is 1.39. The highest BCUT2D eigenvalue weighted by molar-refractivity contribution is 5.95. The lowest BCUT2D eigenvalue weighted by molar-refractivity contribution is -0.118. The maximum absolute atomic E-state index is 11.3. The second-order valence-corrected chi connectivity index (χ2v) is 4.59. The molecule has 1 aliphatic heterocycles. The SMILES string of the molecule is CCN(CC)C[C@@H](O)c1ccc2c(c1)NC(=O)CO2. The second kappa shape index (κ2) is 6.04. The summed E-state index contributed by atoms with van der Waals surface area (Å²) in [6.45, 7) is 6.57. The van der Waals surface area contributed by atoms with Crippen molar-refractivity contribution in [1.82, 2.24) is 4.90 Å². The number of aliphatic hydroxyl groups is 1. The van der Waals surface area contributed by atoms with E-state index in [4.69, 9.17) is 4.74 Å². The Hall–Kier alpha value is -1.59. The molecule has 1 aromatic rings. The average molecular weight is 264 g/mol. The molecule has 1 amide bonds. The number of ether oxygens (including phenoxy) is 1. The van der Waals surface area contributed by atoms with Gasteiger partial charge in [-0.15, -0.1) is 0 Å². The summed E-state index contributed by atoms with van der Waals surface area (Å²) in [5.74, 6) is 0.487. The summed E-state index contributed by atoms with van der Waals surface area (Å²) < 4.78 is 5.29. The summed E-state index contributed by atoms with van der Waals surface area (Å²) in [6, 6.07) is 5.40. The molecule has 0 aliphatic carbocycles. The Morgan fingerprint density at radius 3 is 2.84 bits per heavy atom. The van der Waals surface area contributed by atoms with E-state index in [1.54, 1.807) is 12.1 Å². The fourth-order valence-corrected chi connectivity index (χ4v) is 2.14. The van der Waals surface area contributed by atoms with Crippen molar-refractivity contribution >= 4 is 11.6 Å². The van der Waals surface area contributed by atoms with Gasteiger partial charge in [-0.1, -0.05) is 19.9 Å². The van der Waals surface area contributed by atoms with Crippen molar-refractivity contribution in [1.29, 1.82) is 0 Å². The number of nitrogens with zero attached hydrogens (tertiary/aromatic N) is 1. The maximum Gasteiger partial charge on any atom is 0.262 e. The Bertz CT molecular complexity index is 458. The van der Waals surface area contributed by atoms with Crippen LogP contribution in [0.4, 0.5) is 5.69 Å². The number of anilines is 1. The van der Waals surface area contributed by atoms with E-state index in [0.29, 0.717) is 18.0 Å². The van der Waals surface area contributed by atoms with E-state index < -0.39 is 6.10 Å². The van der Waals surface area contributed by atoms with Crippen molar-refractivity contribution in [2.45, 2.75) is 20.0 Å². The monoisotopic (exact) mass is 264 g/mol. The summed E-state index contributed by atoms with van der Waals surface area (Å²) >= 11 is 0. The second-order valence-electron chi connectivity index (χ2n) is 4.59. The molecule has 0 saturated carbocycles. The van der Waals surface area contributed by atoms with Crippen LogP contribution in [-0.2, 0) is 4.79 Å². The van der Waals surface area contributed by atoms with Gasteiger partial charge in [0.1, 0.15) is 5.75 Å². The van der Waals surface area contributed by atoms with Crippen LogP contribution in [0, 0.1) is 0 Å². The van der Waals surface area contributed by atoms with Crippen LogP contribution in [-0.4, -0.2) is 42.2 Å². The summed E-state index contributed by atoms with van der Waals surface area (Å²) in [5.41, 5.74) is 1.42. The van der Waals surface area contributed by atoms with E-state index >= 15 is 0 Å². The first kappa shape index (κ1) is 13.8. The lowest BCUT2D eigenvalue weighted by Gasteiger charge is -2.24. The number of likely N-dealkylation sites (N-methyl/N-ethyl adjacent to an activating group) is 1. The van der Waals surface area contributed by atoms with Crippen LogP contribution in [0.25, 0.3) is 0 Å². The zero-order valence-corrected chi connectivity index (χ0v) is 11.3. The van der Waals surface area contributed by atoms with Crippen molar-refractivity contribution in [3.63, 3.8) is 0 Å². The number of carbonyl (C=O) groups is 1. The fraction of sp³-hybridized carbons (Fsp3) is 0.500. The lowest BCUT2D eigenvalue weighted by atomic mass is 10.1. The predicted molar refractivity (Wildman–Crippen MR) is 73.3 cm³/mol. The van der Waals surface area contributed by atoms with E-state index in [-0.39, 0.29) is 12.5 Å². The van der Waals surface area contributed by atoms with Gasteiger partial charge >= 0.3 is 0 Å². The van der Waals surface area contributed by atoms with Gasteiger partial charge in [0.05, 0.1) is 11.8 Å². The third-order valence-electron chi connectivity index (χ3n) is 3.35. The summed E-state index contributed by atoms with van der Waals surface area (Å²) in [6.07, 6.45) is -0.566. The molecule has 0 fully saturated rings. The van der Waals surface area contributed by atoms with Crippen molar-refractivity contribution in [2.24, 2.45) is 0 Å². The molecule has 2 rings (SSSR count). The fourth-order valence-electron chi connectivity index (χ4n) is 2.14. The average Bonchev–Trinajstić information content (AvgIpc) is 2.43. The van der Waals surface area contributed by atoms with Crippen molar-refractivity contribution in [3.05, 3.63) is 23.8 Å². The van der Waals surface area contributed by atoms with E-state index in [1.807, 2.05) is 6.07 Å². The minimum absolute atomic E-state index is 0.0499. The van der Waals surface area contributed by atoms with Gasteiger partial charge in [0.15, 0.2) is 6.61 Å². The Morgan fingerprint density at radius 2 is 2.16 bits per heavy atom. The van der Waals surface area contributed by atoms with E-state index in [0.717, 1.165) is 18.7 Å². The van der Waals surface area contributed by atoms with Crippen LogP contribution in [0.3, 0.4) is 0 Å². The van der Waals surface area contributed by atoms with Crippen LogP contribution in [0.1, 0.15) is 25.5 Å². The highest BCUT2D eigenvalue weighted by Crippen LogP contribution is 2.30. The van der Waals surface area contributed by atoms with Gasteiger partial charge in [0, 0.05) is 6.54 Å². The molecule has 104 valence electrons. The van der Waals surface area contributed by atoms with E-state index in [1.165, 1.54) is 0 Å². The molecule has 0 saturated heterocycles. The third-order valence-corrected chi connectivity index (χ3v) is 3.35. The Morgan fingerprint density at radius 1 is 1.42 bits per heavy atom.